The number of nitrogens with zero attached hydrogens (tertiary/aromatic N) is 1. The first-order chi connectivity index (χ1) is 11.7. The fourth-order valence-electron chi connectivity index (χ4n) is 1.80. The van der Waals surface area contributed by atoms with E-state index in [-0.39, 0.29) is 11.5 Å². The van der Waals surface area contributed by atoms with Gasteiger partial charge >= 0.3 is 11.9 Å². The third-order valence-corrected chi connectivity index (χ3v) is 2.94. The Morgan fingerprint density at radius 3 is 2.25 bits per heavy atom. The van der Waals surface area contributed by atoms with Crippen molar-refractivity contribution in [2.75, 3.05) is 0 Å². The predicted octanol–water partition coefficient (Wildman–Crippen LogP) is 2.86. The number of amides is 1. The minimum Gasteiger partial charge on any atom is -0.459 e. The van der Waals surface area contributed by atoms with Crippen LogP contribution in [0.4, 0.5) is 0 Å². The second-order valence-corrected chi connectivity index (χ2v) is 4.61. The van der Waals surface area contributed by atoms with Gasteiger partial charge in [0.1, 0.15) is 5.75 Å². The highest BCUT2D eigenvalue weighted by atomic mass is 16.5. The SMILES string of the molecule is O=C(N/N=C\c1ccc(OC(=O)c2ccco2)cc1)c1ccco1. The van der Waals surface area contributed by atoms with E-state index in [4.69, 9.17) is 13.6 Å². The smallest absolute Gasteiger partial charge is 0.379 e. The lowest BCUT2D eigenvalue weighted by atomic mass is 10.2. The molecule has 0 radical (unpaired) electrons. The fraction of sp³-hybridized carbons (Fsp3) is 0. The van der Waals surface area contributed by atoms with Gasteiger partial charge in [0.15, 0.2) is 5.76 Å². The summed E-state index contributed by atoms with van der Waals surface area (Å²) < 4.78 is 15.0. The lowest BCUT2D eigenvalue weighted by molar-refractivity contribution is 0.0701. The summed E-state index contributed by atoms with van der Waals surface area (Å²) >= 11 is 0. The maximum Gasteiger partial charge on any atom is 0.379 e. The summed E-state index contributed by atoms with van der Waals surface area (Å²) in [5.41, 5.74) is 3.05. The minimum atomic E-state index is -0.577. The largest absolute Gasteiger partial charge is 0.459 e. The van der Waals surface area contributed by atoms with Crippen molar-refractivity contribution in [1.29, 1.82) is 0 Å². The molecule has 1 aromatic carbocycles. The van der Waals surface area contributed by atoms with Crippen molar-refractivity contribution in [3.05, 3.63) is 78.1 Å². The van der Waals surface area contributed by atoms with Crippen molar-refractivity contribution >= 4 is 18.1 Å². The monoisotopic (exact) mass is 324 g/mol. The summed E-state index contributed by atoms with van der Waals surface area (Å²) in [4.78, 5) is 23.3. The lowest BCUT2D eigenvalue weighted by Gasteiger charge is -2.02. The zero-order chi connectivity index (χ0) is 16.8. The molecular formula is C17H12N2O5. The van der Waals surface area contributed by atoms with Gasteiger partial charge in [-0.1, -0.05) is 0 Å². The number of carbonyl (C=O) groups is 2. The van der Waals surface area contributed by atoms with Crippen LogP contribution in [0.1, 0.15) is 26.7 Å². The Labute approximate surface area is 136 Å². The summed E-state index contributed by atoms with van der Waals surface area (Å²) in [7, 11) is 0. The van der Waals surface area contributed by atoms with Crippen molar-refractivity contribution in [1.82, 2.24) is 5.43 Å². The van der Waals surface area contributed by atoms with E-state index in [1.807, 2.05) is 0 Å². The van der Waals surface area contributed by atoms with Gasteiger partial charge in [0.25, 0.3) is 0 Å². The maximum absolute atomic E-state index is 11.7. The third-order valence-electron chi connectivity index (χ3n) is 2.94. The van der Waals surface area contributed by atoms with Crippen LogP contribution in [0.5, 0.6) is 5.75 Å². The average molecular weight is 324 g/mol. The van der Waals surface area contributed by atoms with E-state index in [1.165, 1.54) is 30.9 Å². The molecule has 0 aliphatic heterocycles. The maximum atomic E-state index is 11.7. The molecule has 1 N–H and O–H groups in total. The molecule has 2 aromatic heterocycles. The highest BCUT2D eigenvalue weighted by Crippen LogP contribution is 2.13. The Bertz CT molecular complexity index is 834. The molecule has 0 atom stereocenters. The number of benzene rings is 1. The van der Waals surface area contributed by atoms with Crippen molar-refractivity contribution in [2.45, 2.75) is 0 Å². The van der Waals surface area contributed by atoms with E-state index in [2.05, 4.69) is 10.5 Å². The molecule has 24 heavy (non-hydrogen) atoms. The van der Waals surface area contributed by atoms with E-state index < -0.39 is 11.9 Å². The molecule has 7 heteroatoms. The Balaban J connectivity index is 1.55. The highest BCUT2D eigenvalue weighted by Gasteiger charge is 2.11. The Hall–Kier alpha value is -3.61. The van der Waals surface area contributed by atoms with E-state index in [0.29, 0.717) is 11.3 Å². The molecule has 0 saturated heterocycles. The zero-order valence-electron chi connectivity index (χ0n) is 12.3. The Morgan fingerprint density at radius 1 is 0.958 bits per heavy atom. The standard InChI is InChI=1S/C17H12N2O5/c20-16(14-3-1-9-22-14)19-18-11-12-5-7-13(8-6-12)24-17(21)15-4-2-10-23-15/h1-11H,(H,19,20)/b18-11-. The third kappa shape index (κ3) is 3.77. The first-order valence-corrected chi connectivity index (χ1v) is 6.95. The number of nitrogens with one attached hydrogen (secondary N) is 1. The normalized spacial score (nSPS) is 10.7. The van der Waals surface area contributed by atoms with Gasteiger partial charge in [-0.2, -0.15) is 5.10 Å². The van der Waals surface area contributed by atoms with Crippen LogP contribution in [-0.4, -0.2) is 18.1 Å². The van der Waals surface area contributed by atoms with E-state index in [1.54, 1.807) is 36.4 Å². The molecule has 7 nitrogen and oxygen atoms in total. The second-order valence-electron chi connectivity index (χ2n) is 4.61. The first kappa shape index (κ1) is 15.3. The molecule has 0 spiro atoms. The summed E-state index contributed by atoms with van der Waals surface area (Å²) in [5.74, 6) is -0.353. The fourth-order valence-corrected chi connectivity index (χ4v) is 1.80. The van der Waals surface area contributed by atoms with Crippen LogP contribution in [0.3, 0.4) is 0 Å². The molecule has 0 unspecified atom stereocenters. The minimum absolute atomic E-state index is 0.126. The van der Waals surface area contributed by atoms with Crippen LogP contribution in [0.25, 0.3) is 0 Å². The Kier molecular flexibility index (Phi) is 4.52. The molecule has 0 bridgehead atoms. The molecule has 0 aliphatic rings. The molecule has 120 valence electrons. The van der Waals surface area contributed by atoms with Crippen LogP contribution in [0.15, 0.2) is 75.0 Å². The number of rotatable bonds is 5. The number of esters is 1. The number of carbonyl (C=O) groups excluding carboxylic acids is 2. The number of hydrogen-bond acceptors (Lipinski definition) is 6. The molecular weight excluding hydrogens is 312 g/mol. The van der Waals surface area contributed by atoms with Gasteiger partial charge in [0, 0.05) is 0 Å². The van der Waals surface area contributed by atoms with E-state index in [9.17, 15) is 9.59 Å². The Morgan fingerprint density at radius 2 is 1.62 bits per heavy atom. The lowest BCUT2D eigenvalue weighted by Crippen LogP contribution is -2.16. The van der Waals surface area contributed by atoms with Crippen molar-refractivity contribution < 1.29 is 23.2 Å². The van der Waals surface area contributed by atoms with E-state index in [0.717, 1.165) is 0 Å². The molecule has 0 fully saturated rings. The van der Waals surface area contributed by atoms with Gasteiger partial charge in [-0.15, -0.1) is 0 Å². The van der Waals surface area contributed by atoms with Crippen LogP contribution in [0.2, 0.25) is 0 Å². The van der Waals surface area contributed by atoms with Gasteiger partial charge in [0.2, 0.25) is 5.76 Å². The number of hydrogen-bond donors (Lipinski definition) is 1. The van der Waals surface area contributed by atoms with Crippen molar-refractivity contribution in [3.63, 3.8) is 0 Å². The summed E-state index contributed by atoms with van der Waals surface area (Å²) in [5, 5.41) is 3.82. The topological polar surface area (TPSA) is 94.0 Å². The second kappa shape index (κ2) is 7.10. The molecule has 3 rings (SSSR count). The predicted molar refractivity (Wildman–Crippen MR) is 83.9 cm³/mol. The number of furan rings is 2. The van der Waals surface area contributed by atoms with Crippen LogP contribution in [-0.2, 0) is 0 Å². The summed E-state index contributed by atoms with van der Waals surface area (Å²) in [6, 6.07) is 12.9. The van der Waals surface area contributed by atoms with Crippen LogP contribution >= 0.6 is 0 Å². The summed E-state index contributed by atoms with van der Waals surface area (Å²) in [6.45, 7) is 0. The van der Waals surface area contributed by atoms with Gasteiger partial charge in [-0.05, 0) is 54.1 Å². The van der Waals surface area contributed by atoms with Gasteiger partial charge < -0.3 is 13.6 Å². The van der Waals surface area contributed by atoms with Gasteiger partial charge in [-0.25, -0.2) is 10.2 Å². The number of hydrazone groups is 1. The quantitative estimate of drug-likeness (QED) is 0.337. The molecule has 2 heterocycles. The van der Waals surface area contributed by atoms with E-state index >= 15 is 0 Å². The number of ether oxygens (including phenoxy) is 1. The van der Waals surface area contributed by atoms with Gasteiger partial charge in [-0.3, -0.25) is 4.79 Å². The zero-order valence-corrected chi connectivity index (χ0v) is 12.3. The van der Waals surface area contributed by atoms with Crippen LogP contribution < -0.4 is 10.2 Å². The van der Waals surface area contributed by atoms with Gasteiger partial charge in [0.05, 0.1) is 18.7 Å². The van der Waals surface area contributed by atoms with Crippen molar-refractivity contribution in [3.8, 4) is 5.75 Å². The average Bonchev–Trinajstić information content (AvgIpc) is 3.30. The molecule has 1 amide bonds. The summed E-state index contributed by atoms with van der Waals surface area (Å²) in [6.07, 6.45) is 4.26. The van der Waals surface area contributed by atoms with Crippen LogP contribution in [0, 0.1) is 0 Å². The molecule has 3 aromatic rings. The first-order valence-electron chi connectivity index (χ1n) is 6.95. The van der Waals surface area contributed by atoms with Crippen molar-refractivity contribution in [2.24, 2.45) is 5.10 Å². The highest BCUT2D eigenvalue weighted by molar-refractivity contribution is 5.92. The molecule has 0 aliphatic carbocycles. The molecule has 0 saturated carbocycles.